The number of hydrogen-bond acceptors (Lipinski definition) is 2. The highest BCUT2D eigenvalue weighted by Crippen LogP contribution is 2.31. The van der Waals surface area contributed by atoms with E-state index in [1.807, 2.05) is 18.9 Å². The van der Waals surface area contributed by atoms with Gasteiger partial charge in [-0.1, -0.05) is 47.0 Å². The molecule has 0 radical (unpaired) electrons. The third-order valence-corrected chi connectivity index (χ3v) is 3.35. The molecule has 0 aliphatic carbocycles. The van der Waals surface area contributed by atoms with Gasteiger partial charge in [0.05, 0.1) is 6.10 Å². The molecule has 1 atom stereocenters. The summed E-state index contributed by atoms with van der Waals surface area (Å²) in [7, 11) is 1.81. The van der Waals surface area contributed by atoms with Crippen LogP contribution in [0.3, 0.4) is 0 Å². The fourth-order valence-corrected chi connectivity index (χ4v) is 2.83. The number of rotatable bonds is 7. The zero-order chi connectivity index (χ0) is 12.6. The van der Waals surface area contributed by atoms with Gasteiger partial charge in [-0.15, -0.1) is 11.8 Å². The van der Waals surface area contributed by atoms with Crippen molar-refractivity contribution in [2.45, 2.75) is 71.2 Å². The van der Waals surface area contributed by atoms with E-state index in [0.717, 1.165) is 6.42 Å². The summed E-state index contributed by atoms with van der Waals surface area (Å²) in [5.41, 5.74) is 0. The maximum Gasteiger partial charge on any atom is 0.0762 e. The van der Waals surface area contributed by atoms with Crippen molar-refractivity contribution >= 4 is 11.8 Å². The maximum absolute atomic E-state index is 5.49. The maximum atomic E-state index is 5.49. The van der Waals surface area contributed by atoms with Crippen LogP contribution in [0.25, 0.3) is 0 Å². The van der Waals surface area contributed by atoms with Crippen molar-refractivity contribution in [2.24, 2.45) is 0 Å². The van der Waals surface area contributed by atoms with Crippen LogP contribution in [0.4, 0.5) is 0 Å². The van der Waals surface area contributed by atoms with E-state index < -0.39 is 0 Å². The molecule has 0 saturated carbocycles. The first-order chi connectivity index (χ1) is 7.39. The second kappa shape index (κ2) is 8.19. The van der Waals surface area contributed by atoms with Crippen LogP contribution in [-0.2, 0) is 4.74 Å². The first-order valence-corrected chi connectivity index (χ1v) is 7.11. The molecule has 0 aromatic heterocycles. The fourth-order valence-electron chi connectivity index (χ4n) is 1.64. The number of allylic oxidation sites excluding steroid dienone is 1. The number of hydrogen-bond donors (Lipinski definition) is 0. The molecule has 0 aliphatic rings. The van der Waals surface area contributed by atoms with Gasteiger partial charge in [0.15, 0.2) is 0 Å². The molecule has 96 valence electrons. The van der Waals surface area contributed by atoms with Gasteiger partial charge in [0, 0.05) is 11.9 Å². The van der Waals surface area contributed by atoms with Gasteiger partial charge >= 0.3 is 0 Å². The van der Waals surface area contributed by atoms with Gasteiger partial charge in [0.2, 0.25) is 0 Å². The number of methoxy groups -OCH3 is 1. The van der Waals surface area contributed by atoms with E-state index in [-0.39, 0.29) is 0 Å². The summed E-state index contributed by atoms with van der Waals surface area (Å²) in [4.78, 5) is 1.37. The Morgan fingerprint density at radius 1 is 1.31 bits per heavy atom. The predicted octanol–water partition coefficient (Wildman–Crippen LogP) is 5.02. The fraction of sp³-hybridized carbons (Fsp3) is 0.857. The third kappa shape index (κ3) is 9.29. The molecule has 0 aromatic rings. The van der Waals surface area contributed by atoms with Crippen LogP contribution in [0, 0.1) is 0 Å². The number of thioether (sulfide) groups is 1. The summed E-state index contributed by atoms with van der Waals surface area (Å²) >= 11 is 1.92. The van der Waals surface area contributed by atoms with Gasteiger partial charge < -0.3 is 4.74 Å². The van der Waals surface area contributed by atoms with E-state index in [1.165, 1.54) is 24.2 Å². The molecule has 0 fully saturated rings. The summed E-state index contributed by atoms with van der Waals surface area (Å²) in [6, 6.07) is 0. The lowest BCUT2D eigenvalue weighted by Gasteiger charge is -2.19. The molecular formula is C14H28OS. The summed E-state index contributed by atoms with van der Waals surface area (Å²) in [6.07, 6.45) is 7.55. The molecule has 0 amide bonds. The third-order valence-electron chi connectivity index (χ3n) is 2.28. The van der Waals surface area contributed by atoms with Gasteiger partial charge in [0.1, 0.15) is 0 Å². The summed E-state index contributed by atoms with van der Waals surface area (Å²) < 4.78 is 5.79. The van der Waals surface area contributed by atoms with Gasteiger partial charge in [-0.2, -0.15) is 0 Å². The monoisotopic (exact) mass is 244 g/mol. The average molecular weight is 244 g/mol. The number of unbranched alkanes of at least 4 members (excludes halogenated alkanes) is 2. The van der Waals surface area contributed by atoms with Crippen molar-refractivity contribution in [3.63, 3.8) is 0 Å². The normalized spacial score (nSPS) is 15.2. The minimum atomic E-state index is 0.293. The predicted molar refractivity (Wildman–Crippen MR) is 76.0 cm³/mol. The molecule has 0 rings (SSSR count). The van der Waals surface area contributed by atoms with E-state index in [9.17, 15) is 0 Å². The molecule has 0 aliphatic heterocycles. The highest BCUT2D eigenvalue weighted by molar-refractivity contribution is 8.04. The second-order valence-electron chi connectivity index (χ2n) is 5.26. The topological polar surface area (TPSA) is 9.23 Å². The Hall–Kier alpha value is 0.0500. The lowest BCUT2D eigenvalue weighted by Crippen LogP contribution is -2.10. The molecule has 0 spiro atoms. The molecule has 0 saturated heterocycles. The smallest absolute Gasteiger partial charge is 0.0762 e. The molecule has 1 unspecified atom stereocenters. The summed E-state index contributed by atoms with van der Waals surface area (Å²) in [6.45, 7) is 11.1. The van der Waals surface area contributed by atoms with E-state index in [1.54, 1.807) is 0 Å². The Kier molecular flexibility index (Phi) is 8.21. The first kappa shape index (κ1) is 16.1. The molecular weight excluding hydrogens is 216 g/mol. The molecule has 0 heterocycles. The van der Waals surface area contributed by atoms with Gasteiger partial charge in [0.25, 0.3) is 0 Å². The Balaban J connectivity index is 4.11. The van der Waals surface area contributed by atoms with Crippen molar-refractivity contribution in [1.82, 2.24) is 0 Å². The van der Waals surface area contributed by atoms with Crippen LogP contribution in [0.2, 0.25) is 0 Å². The summed E-state index contributed by atoms with van der Waals surface area (Å²) in [5.74, 6) is 0. The van der Waals surface area contributed by atoms with Crippen LogP contribution in [0.5, 0.6) is 0 Å². The zero-order valence-electron chi connectivity index (χ0n) is 11.8. The van der Waals surface area contributed by atoms with Crippen LogP contribution < -0.4 is 0 Å². The molecule has 0 bridgehead atoms. The zero-order valence-corrected chi connectivity index (χ0v) is 12.6. The highest BCUT2D eigenvalue weighted by Gasteiger charge is 2.12. The quantitative estimate of drug-likeness (QED) is 0.582. The standard InChI is InChI=1S/C14H28OS/c1-7-8-9-10-13(15-6)11-12(2)16-14(3,4)5/h11,13H,7-10H2,1-6H3. The van der Waals surface area contributed by atoms with Gasteiger partial charge in [-0.05, 0) is 24.3 Å². The van der Waals surface area contributed by atoms with Crippen LogP contribution >= 0.6 is 11.8 Å². The van der Waals surface area contributed by atoms with Crippen molar-refractivity contribution in [3.8, 4) is 0 Å². The van der Waals surface area contributed by atoms with Crippen molar-refractivity contribution < 1.29 is 4.74 Å². The van der Waals surface area contributed by atoms with E-state index in [4.69, 9.17) is 4.74 Å². The second-order valence-corrected chi connectivity index (χ2v) is 7.33. The van der Waals surface area contributed by atoms with Gasteiger partial charge in [-0.25, -0.2) is 0 Å². The average Bonchev–Trinajstić information content (AvgIpc) is 2.13. The minimum Gasteiger partial charge on any atom is -0.377 e. The van der Waals surface area contributed by atoms with E-state index >= 15 is 0 Å². The Morgan fingerprint density at radius 2 is 1.94 bits per heavy atom. The van der Waals surface area contributed by atoms with Crippen molar-refractivity contribution in [1.29, 1.82) is 0 Å². The molecule has 0 N–H and O–H groups in total. The summed E-state index contributed by atoms with van der Waals surface area (Å²) in [5, 5.41) is 0. The van der Waals surface area contributed by atoms with Gasteiger partial charge in [-0.3, -0.25) is 0 Å². The molecule has 0 aromatic carbocycles. The molecule has 1 nitrogen and oxygen atoms in total. The SMILES string of the molecule is CCCCCC(C=C(C)SC(C)(C)C)OC. The molecule has 2 heteroatoms. The number of ether oxygens (including phenoxy) is 1. The van der Waals surface area contributed by atoms with Crippen LogP contribution in [0.15, 0.2) is 11.0 Å². The first-order valence-electron chi connectivity index (χ1n) is 6.29. The Labute approximate surface area is 106 Å². The highest BCUT2D eigenvalue weighted by atomic mass is 32.2. The lowest BCUT2D eigenvalue weighted by molar-refractivity contribution is 0.131. The lowest BCUT2D eigenvalue weighted by atomic mass is 10.1. The molecule has 16 heavy (non-hydrogen) atoms. The van der Waals surface area contributed by atoms with Crippen LogP contribution in [-0.4, -0.2) is 18.0 Å². The Bertz CT molecular complexity index is 203. The Morgan fingerprint density at radius 3 is 2.38 bits per heavy atom. The van der Waals surface area contributed by atoms with E-state index in [0.29, 0.717) is 10.9 Å². The largest absolute Gasteiger partial charge is 0.377 e. The van der Waals surface area contributed by atoms with Crippen LogP contribution in [0.1, 0.15) is 60.3 Å². The van der Waals surface area contributed by atoms with Crippen molar-refractivity contribution in [2.75, 3.05) is 7.11 Å². The van der Waals surface area contributed by atoms with E-state index in [2.05, 4.69) is 40.7 Å². The van der Waals surface area contributed by atoms with Crippen molar-refractivity contribution in [3.05, 3.63) is 11.0 Å². The minimum absolute atomic E-state index is 0.293.